The van der Waals surface area contributed by atoms with Gasteiger partial charge in [0.25, 0.3) is 0 Å². The molecule has 1 amide bonds. The first-order valence-electron chi connectivity index (χ1n) is 10.2. The topological polar surface area (TPSA) is 79.4 Å². The Morgan fingerprint density at radius 3 is 2.79 bits per heavy atom. The predicted molar refractivity (Wildman–Crippen MR) is 118 cm³/mol. The molecular weight excluding hydrogens is 406 g/mol. The Morgan fingerprint density at radius 1 is 1.31 bits per heavy atom. The van der Waals surface area contributed by atoms with Crippen molar-refractivity contribution < 1.29 is 13.2 Å². The molecule has 0 bridgehead atoms. The summed E-state index contributed by atoms with van der Waals surface area (Å²) < 4.78 is 25.6. The third kappa shape index (κ3) is 4.48. The Hall–Kier alpha value is -1.93. The number of anilines is 2. The average Bonchev–Trinajstić information content (AvgIpc) is 3.37. The SMILES string of the molecule is C[C@@H]1Cc2cc(-c3csc(NC(=O)CCC4CCCC4)n3)ccc2N1S(C)(=O)=O. The smallest absolute Gasteiger partial charge is 0.232 e. The number of carbonyl (C=O) groups is 1. The molecule has 29 heavy (non-hydrogen) atoms. The van der Waals surface area contributed by atoms with Gasteiger partial charge in [-0.3, -0.25) is 9.10 Å². The van der Waals surface area contributed by atoms with E-state index in [9.17, 15) is 13.2 Å². The molecule has 2 aromatic rings. The molecular formula is C21H27N3O3S2. The van der Waals surface area contributed by atoms with Crippen LogP contribution in [0.3, 0.4) is 0 Å². The van der Waals surface area contributed by atoms with Gasteiger partial charge in [0.1, 0.15) is 0 Å². The van der Waals surface area contributed by atoms with Crippen molar-refractivity contribution in [3.05, 3.63) is 29.1 Å². The highest BCUT2D eigenvalue weighted by Gasteiger charge is 2.32. The molecule has 0 unspecified atom stereocenters. The summed E-state index contributed by atoms with van der Waals surface area (Å²) in [7, 11) is -3.29. The van der Waals surface area contributed by atoms with Gasteiger partial charge >= 0.3 is 0 Å². The molecule has 1 fully saturated rings. The number of nitrogens with one attached hydrogen (secondary N) is 1. The minimum Gasteiger partial charge on any atom is -0.302 e. The average molecular weight is 434 g/mol. The number of fused-ring (bicyclic) bond motifs is 1. The maximum Gasteiger partial charge on any atom is 0.232 e. The molecule has 1 aromatic heterocycles. The van der Waals surface area contributed by atoms with Crippen LogP contribution in [0, 0.1) is 5.92 Å². The standard InChI is InChI=1S/C21H27N3O3S2/c1-14-11-17-12-16(8-9-19(17)24(14)29(2,26)27)18-13-28-21(22-18)23-20(25)10-7-15-5-3-4-6-15/h8-9,12-15H,3-7,10-11H2,1-2H3,(H,22,23,25)/t14-/m1/s1. The highest BCUT2D eigenvalue weighted by atomic mass is 32.2. The van der Waals surface area contributed by atoms with Crippen LogP contribution in [-0.4, -0.2) is 31.6 Å². The van der Waals surface area contributed by atoms with E-state index in [2.05, 4.69) is 10.3 Å². The van der Waals surface area contributed by atoms with E-state index in [1.807, 2.05) is 30.5 Å². The molecule has 1 aliphatic carbocycles. The van der Waals surface area contributed by atoms with Crippen molar-refractivity contribution in [3.63, 3.8) is 0 Å². The first kappa shape index (κ1) is 20.3. The lowest BCUT2D eigenvalue weighted by Crippen LogP contribution is -2.34. The number of hydrogen-bond donors (Lipinski definition) is 1. The van der Waals surface area contributed by atoms with E-state index in [1.54, 1.807) is 0 Å². The maximum atomic E-state index is 12.2. The number of sulfonamides is 1. The Labute approximate surface area is 176 Å². The zero-order valence-electron chi connectivity index (χ0n) is 16.8. The second-order valence-corrected chi connectivity index (χ2v) is 10.9. The van der Waals surface area contributed by atoms with Crippen LogP contribution < -0.4 is 9.62 Å². The Balaban J connectivity index is 1.43. The van der Waals surface area contributed by atoms with Crippen molar-refractivity contribution >= 4 is 38.1 Å². The van der Waals surface area contributed by atoms with Crippen LogP contribution in [0.5, 0.6) is 0 Å². The van der Waals surface area contributed by atoms with Gasteiger partial charge in [-0.25, -0.2) is 13.4 Å². The fourth-order valence-corrected chi connectivity index (χ4v) is 6.55. The quantitative estimate of drug-likeness (QED) is 0.731. The molecule has 0 saturated heterocycles. The molecule has 0 radical (unpaired) electrons. The number of hydrogen-bond acceptors (Lipinski definition) is 5. The van der Waals surface area contributed by atoms with Crippen molar-refractivity contribution in [2.45, 2.75) is 57.9 Å². The van der Waals surface area contributed by atoms with Crippen LogP contribution in [0.1, 0.15) is 51.0 Å². The van der Waals surface area contributed by atoms with Crippen LogP contribution in [-0.2, 0) is 21.2 Å². The fourth-order valence-electron chi connectivity index (χ4n) is 4.55. The molecule has 1 aromatic carbocycles. The fraction of sp³-hybridized carbons (Fsp3) is 0.524. The first-order valence-corrected chi connectivity index (χ1v) is 12.9. The highest BCUT2D eigenvalue weighted by Crippen LogP contribution is 2.37. The normalized spacial score (nSPS) is 19.5. The highest BCUT2D eigenvalue weighted by molar-refractivity contribution is 7.92. The zero-order valence-corrected chi connectivity index (χ0v) is 18.5. The molecule has 1 N–H and O–H groups in total. The molecule has 2 heterocycles. The van der Waals surface area contributed by atoms with Crippen LogP contribution in [0.4, 0.5) is 10.8 Å². The molecule has 1 atom stereocenters. The largest absolute Gasteiger partial charge is 0.302 e. The number of thiazole rings is 1. The van der Waals surface area contributed by atoms with Gasteiger partial charge in [0.05, 0.1) is 17.6 Å². The first-order chi connectivity index (χ1) is 13.8. The van der Waals surface area contributed by atoms with E-state index in [0.29, 0.717) is 23.9 Å². The van der Waals surface area contributed by atoms with Crippen LogP contribution >= 0.6 is 11.3 Å². The molecule has 1 aliphatic heterocycles. The Bertz CT molecular complexity index is 1010. The molecule has 2 aliphatic rings. The lowest BCUT2D eigenvalue weighted by molar-refractivity contribution is -0.116. The Kier molecular flexibility index (Phi) is 5.66. The maximum absolute atomic E-state index is 12.2. The third-order valence-corrected chi connectivity index (χ3v) is 7.92. The molecule has 1 saturated carbocycles. The van der Waals surface area contributed by atoms with Gasteiger partial charge in [-0.05, 0) is 43.4 Å². The number of benzene rings is 1. The van der Waals surface area contributed by atoms with Crippen molar-refractivity contribution in [2.24, 2.45) is 5.92 Å². The second kappa shape index (κ2) is 8.07. The van der Waals surface area contributed by atoms with E-state index >= 15 is 0 Å². The lowest BCUT2D eigenvalue weighted by Gasteiger charge is -2.21. The van der Waals surface area contributed by atoms with Gasteiger partial charge in [0.15, 0.2) is 5.13 Å². The van der Waals surface area contributed by atoms with Gasteiger partial charge in [-0.1, -0.05) is 31.7 Å². The Morgan fingerprint density at radius 2 is 2.07 bits per heavy atom. The van der Waals surface area contributed by atoms with Gasteiger partial charge in [-0.15, -0.1) is 11.3 Å². The summed E-state index contributed by atoms with van der Waals surface area (Å²) in [5, 5.41) is 5.47. The summed E-state index contributed by atoms with van der Waals surface area (Å²) in [6, 6.07) is 5.68. The van der Waals surface area contributed by atoms with Gasteiger partial charge in [-0.2, -0.15) is 0 Å². The zero-order chi connectivity index (χ0) is 20.6. The van der Waals surface area contributed by atoms with Crippen molar-refractivity contribution in [3.8, 4) is 11.3 Å². The number of nitrogens with zero attached hydrogens (tertiary/aromatic N) is 2. The second-order valence-electron chi connectivity index (χ2n) is 8.23. The summed E-state index contributed by atoms with van der Waals surface area (Å²) in [4.78, 5) is 16.8. The van der Waals surface area contributed by atoms with E-state index in [-0.39, 0.29) is 11.9 Å². The minimum absolute atomic E-state index is 0.0318. The number of amides is 1. The van der Waals surface area contributed by atoms with Gasteiger partial charge in [0.2, 0.25) is 15.9 Å². The summed E-state index contributed by atoms with van der Waals surface area (Å²) >= 11 is 1.42. The monoisotopic (exact) mass is 433 g/mol. The molecule has 8 heteroatoms. The van der Waals surface area contributed by atoms with Crippen molar-refractivity contribution in [1.82, 2.24) is 4.98 Å². The molecule has 0 spiro atoms. The van der Waals surface area contributed by atoms with Crippen molar-refractivity contribution in [1.29, 1.82) is 0 Å². The molecule has 4 rings (SSSR count). The summed E-state index contributed by atoms with van der Waals surface area (Å²) in [6.07, 6.45) is 8.54. The number of carbonyl (C=O) groups excluding carboxylic acids is 1. The van der Waals surface area contributed by atoms with Gasteiger partial charge in [0, 0.05) is 23.4 Å². The van der Waals surface area contributed by atoms with Crippen LogP contribution in [0.25, 0.3) is 11.3 Å². The van der Waals surface area contributed by atoms with E-state index in [4.69, 9.17) is 0 Å². The third-order valence-electron chi connectivity index (χ3n) is 5.89. The molecule has 6 nitrogen and oxygen atoms in total. The summed E-state index contributed by atoms with van der Waals surface area (Å²) in [6.45, 7) is 1.92. The van der Waals surface area contributed by atoms with Gasteiger partial charge < -0.3 is 5.32 Å². The molecule has 156 valence electrons. The predicted octanol–water partition coefficient (Wildman–Crippen LogP) is 4.43. The van der Waals surface area contributed by atoms with Crippen LogP contribution in [0.2, 0.25) is 0 Å². The lowest BCUT2D eigenvalue weighted by atomic mass is 10.0. The minimum atomic E-state index is -3.29. The number of aromatic nitrogens is 1. The van der Waals surface area contributed by atoms with Crippen molar-refractivity contribution in [2.75, 3.05) is 15.9 Å². The summed E-state index contributed by atoms with van der Waals surface area (Å²) in [5.41, 5.74) is 3.50. The van der Waals surface area contributed by atoms with Crippen LogP contribution in [0.15, 0.2) is 23.6 Å². The number of rotatable bonds is 6. The van der Waals surface area contributed by atoms with E-state index in [1.165, 1.54) is 47.6 Å². The summed E-state index contributed by atoms with van der Waals surface area (Å²) in [5.74, 6) is 0.734. The van der Waals surface area contributed by atoms with E-state index < -0.39 is 10.0 Å². The van der Waals surface area contributed by atoms with E-state index in [0.717, 1.165) is 28.9 Å².